The molecule has 0 unspecified atom stereocenters. The largest absolute Gasteiger partial charge is 0.490 e. The van der Waals surface area contributed by atoms with E-state index in [0.29, 0.717) is 44.0 Å². The van der Waals surface area contributed by atoms with Crippen molar-refractivity contribution >= 4 is 16.6 Å². The minimum absolute atomic E-state index is 0.000776. The Morgan fingerprint density at radius 3 is 2.74 bits per heavy atom. The van der Waals surface area contributed by atoms with Gasteiger partial charge in [-0.3, -0.25) is 4.40 Å². The normalized spacial score (nSPS) is 16.7. The van der Waals surface area contributed by atoms with E-state index in [1.54, 1.807) is 0 Å². The van der Waals surface area contributed by atoms with Crippen molar-refractivity contribution in [2.24, 2.45) is 0 Å². The van der Waals surface area contributed by atoms with Crippen molar-refractivity contribution in [1.29, 1.82) is 0 Å². The number of nitrogens with zero attached hydrogens (tertiary/aromatic N) is 5. The molecule has 5 rings (SSSR count). The molecule has 1 saturated heterocycles. The van der Waals surface area contributed by atoms with Gasteiger partial charge in [-0.05, 0) is 49.2 Å². The van der Waals surface area contributed by atoms with Crippen molar-refractivity contribution in [2.45, 2.75) is 18.5 Å². The molecule has 0 atom stereocenters. The van der Waals surface area contributed by atoms with Crippen LogP contribution in [0.4, 0.5) is 8.78 Å². The van der Waals surface area contributed by atoms with Crippen molar-refractivity contribution in [3.63, 3.8) is 0 Å². The van der Waals surface area contributed by atoms with Crippen LogP contribution in [0.1, 0.15) is 12.8 Å². The zero-order valence-electron chi connectivity index (χ0n) is 17.0. The summed E-state index contributed by atoms with van der Waals surface area (Å²) < 4.78 is 35.2. The summed E-state index contributed by atoms with van der Waals surface area (Å²) >= 11 is 0. The average molecular weight is 423 g/mol. The molecule has 0 aliphatic carbocycles. The van der Waals surface area contributed by atoms with Gasteiger partial charge in [0.25, 0.3) is 0 Å². The molecule has 0 spiro atoms. The third-order valence-electron chi connectivity index (χ3n) is 5.85. The molecular weight excluding hydrogens is 400 g/mol. The second kappa shape index (κ2) is 8.19. The highest BCUT2D eigenvalue weighted by Crippen LogP contribution is 2.29. The number of fused-ring (bicyclic) bond motifs is 2. The zero-order chi connectivity index (χ0) is 21.3. The van der Waals surface area contributed by atoms with Crippen LogP contribution >= 0.6 is 0 Å². The summed E-state index contributed by atoms with van der Waals surface area (Å²) in [6, 6.07) is 15.1. The topological polar surface area (TPSA) is 55.5 Å². The molecule has 1 fully saturated rings. The number of pyridine rings is 2. The van der Waals surface area contributed by atoms with E-state index in [1.165, 1.54) is 0 Å². The number of hydrogen-bond acceptors (Lipinski definition) is 5. The molecule has 160 valence electrons. The van der Waals surface area contributed by atoms with E-state index in [1.807, 2.05) is 64.0 Å². The summed E-state index contributed by atoms with van der Waals surface area (Å²) in [7, 11) is 0. The third kappa shape index (κ3) is 4.07. The fraction of sp³-hybridized carbons (Fsp3) is 0.348. The fourth-order valence-corrected chi connectivity index (χ4v) is 3.99. The molecule has 8 heteroatoms. The second-order valence-corrected chi connectivity index (χ2v) is 7.97. The van der Waals surface area contributed by atoms with E-state index in [0.717, 1.165) is 22.2 Å². The number of aromatic nitrogens is 4. The molecule has 1 aliphatic rings. The molecule has 0 saturated carbocycles. The summed E-state index contributed by atoms with van der Waals surface area (Å²) in [5.74, 6) is 1.29. The van der Waals surface area contributed by atoms with Crippen LogP contribution in [-0.4, -0.2) is 63.1 Å². The lowest BCUT2D eigenvalue weighted by Crippen LogP contribution is -2.45. The summed E-state index contributed by atoms with van der Waals surface area (Å²) in [6.45, 7) is 1.10. The second-order valence-electron chi connectivity index (χ2n) is 7.97. The molecule has 1 aliphatic heterocycles. The third-order valence-corrected chi connectivity index (χ3v) is 5.85. The van der Waals surface area contributed by atoms with Crippen LogP contribution in [0.5, 0.6) is 5.75 Å². The van der Waals surface area contributed by atoms with Crippen LogP contribution in [0.2, 0.25) is 0 Å². The lowest BCUT2D eigenvalue weighted by molar-refractivity contribution is 0.0162. The SMILES string of the molecule is FCCN1CCC(F)(COc2ccc3nc(-c4nnc5ccccn45)ccc3c2)CC1. The highest BCUT2D eigenvalue weighted by molar-refractivity contribution is 5.82. The maximum atomic E-state index is 15.1. The fourth-order valence-electron chi connectivity index (χ4n) is 3.99. The van der Waals surface area contributed by atoms with Crippen molar-refractivity contribution < 1.29 is 13.5 Å². The summed E-state index contributed by atoms with van der Waals surface area (Å²) in [4.78, 5) is 6.66. The van der Waals surface area contributed by atoms with Crippen LogP contribution in [0.15, 0.2) is 54.7 Å². The molecule has 4 heterocycles. The van der Waals surface area contributed by atoms with Gasteiger partial charge in [-0.25, -0.2) is 13.8 Å². The van der Waals surface area contributed by atoms with Crippen molar-refractivity contribution in [2.75, 3.05) is 32.9 Å². The van der Waals surface area contributed by atoms with Crippen LogP contribution < -0.4 is 4.74 Å². The highest BCUT2D eigenvalue weighted by atomic mass is 19.1. The molecular formula is C23H23F2N5O. The van der Waals surface area contributed by atoms with E-state index < -0.39 is 12.3 Å². The predicted molar refractivity (Wildman–Crippen MR) is 115 cm³/mol. The molecule has 6 nitrogen and oxygen atoms in total. The summed E-state index contributed by atoms with van der Waals surface area (Å²) in [6.07, 6.45) is 2.62. The van der Waals surface area contributed by atoms with E-state index in [-0.39, 0.29) is 6.61 Å². The van der Waals surface area contributed by atoms with E-state index in [2.05, 4.69) is 10.2 Å². The first-order valence-corrected chi connectivity index (χ1v) is 10.4. The standard InChI is InChI=1S/C23H23F2N5O/c24-10-14-29-12-8-23(25,9-13-29)16-31-18-5-7-19-17(15-18)4-6-20(26-19)22-28-27-21-3-1-2-11-30(21)22/h1-7,11,15H,8-10,12-14,16H2. The van der Waals surface area contributed by atoms with Gasteiger partial charge < -0.3 is 9.64 Å². The monoisotopic (exact) mass is 423 g/mol. The first-order valence-electron chi connectivity index (χ1n) is 10.4. The Kier molecular flexibility index (Phi) is 5.23. The van der Waals surface area contributed by atoms with Crippen LogP contribution in [0.3, 0.4) is 0 Å². The quantitative estimate of drug-likeness (QED) is 0.467. The Morgan fingerprint density at radius 1 is 1.03 bits per heavy atom. The zero-order valence-corrected chi connectivity index (χ0v) is 17.0. The van der Waals surface area contributed by atoms with Gasteiger partial charge in [0.2, 0.25) is 0 Å². The van der Waals surface area contributed by atoms with Crippen molar-refractivity contribution in [3.8, 4) is 17.3 Å². The van der Waals surface area contributed by atoms with E-state index in [4.69, 9.17) is 9.72 Å². The number of alkyl halides is 2. The van der Waals surface area contributed by atoms with Crippen LogP contribution in [0, 0.1) is 0 Å². The molecule has 31 heavy (non-hydrogen) atoms. The number of halogens is 2. The maximum absolute atomic E-state index is 15.1. The Bertz CT molecular complexity index is 1200. The number of piperidine rings is 1. The van der Waals surface area contributed by atoms with Gasteiger partial charge in [-0.1, -0.05) is 12.1 Å². The summed E-state index contributed by atoms with van der Waals surface area (Å²) in [5.41, 5.74) is 0.909. The van der Waals surface area contributed by atoms with Gasteiger partial charge in [0.15, 0.2) is 11.5 Å². The Hall–Kier alpha value is -3.13. The van der Waals surface area contributed by atoms with Crippen molar-refractivity contribution in [1.82, 2.24) is 24.5 Å². The molecule has 0 amide bonds. The summed E-state index contributed by atoms with van der Waals surface area (Å²) in [5, 5.41) is 9.33. The molecule has 4 aromatic rings. The minimum atomic E-state index is -1.38. The number of likely N-dealkylation sites (tertiary alicyclic amines) is 1. The maximum Gasteiger partial charge on any atom is 0.187 e. The molecule has 3 aromatic heterocycles. The number of benzene rings is 1. The lowest BCUT2D eigenvalue weighted by atomic mass is 9.94. The number of hydrogen-bond donors (Lipinski definition) is 0. The van der Waals surface area contributed by atoms with Gasteiger partial charge in [0.05, 0.1) is 5.52 Å². The van der Waals surface area contributed by atoms with Gasteiger partial charge in [-0.15, -0.1) is 10.2 Å². The van der Waals surface area contributed by atoms with Gasteiger partial charge >= 0.3 is 0 Å². The Morgan fingerprint density at radius 2 is 1.90 bits per heavy atom. The number of ether oxygens (including phenoxy) is 1. The van der Waals surface area contributed by atoms with Crippen LogP contribution in [0.25, 0.3) is 28.1 Å². The molecule has 0 N–H and O–H groups in total. The average Bonchev–Trinajstić information content (AvgIpc) is 3.23. The lowest BCUT2D eigenvalue weighted by Gasteiger charge is -2.35. The van der Waals surface area contributed by atoms with E-state index >= 15 is 4.39 Å². The highest BCUT2D eigenvalue weighted by Gasteiger charge is 2.35. The Balaban J connectivity index is 1.30. The minimum Gasteiger partial charge on any atom is -0.490 e. The van der Waals surface area contributed by atoms with Crippen molar-refractivity contribution in [3.05, 3.63) is 54.7 Å². The first kappa shape index (κ1) is 19.8. The molecule has 1 aromatic carbocycles. The number of rotatable bonds is 6. The smallest absolute Gasteiger partial charge is 0.187 e. The predicted octanol–water partition coefficient (Wildman–Crippen LogP) is 4.10. The van der Waals surface area contributed by atoms with Crippen LogP contribution in [-0.2, 0) is 0 Å². The van der Waals surface area contributed by atoms with Gasteiger partial charge in [0.1, 0.15) is 30.4 Å². The van der Waals surface area contributed by atoms with Gasteiger partial charge in [0, 0.05) is 31.2 Å². The Labute approximate surface area is 178 Å². The van der Waals surface area contributed by atoms with E-state index in [9.17, 15) is 4.39 Å². The molecule has 0 radical (unpaired) electrons. The first-order chi connectivity index (χ1) is 15.1. The van der Waals surface area contributed by atoms with Gasteiger partial charge in [-0.2, -0.15) is 0 Å². The molecule has 0 bridgehead atoms.